The number of anilines is 1. The number of rotatable bonds is 8. The molecule has 0 radical (unpaired) electrons. The fourth-order valence-corrected chi connectivity index (χ4v) is 4.66. The second-order valence-electron chi connectivity index (χ2n) is 8.88. The monoisotopic (exact) mass is 462 g/mol. The average Bonchev–Trinajstić information content (AvgIpc) is 2.88. The lowest BCUT2D eigenvalue weighted by Gasteiger charge is -2.36. The van der Waals surface area contributed by atoms with Gasteiger partial charge in [0.05, 0.1) is 19.3 Å². The van der Waals surface area contributed by atoms with Crippen LogP contribution < -0.4 is 20.9 Å². The molecule has 0 amide bonds. The van der Waals surface area contributed by atoms with Crippen molar-refractivity contribution >= 4 is 5.69 Å². The van der Waals surface area contributed by atoms with Gasteiger partial charge in [0.2, 0.25) is 0 Å². The minimum absolute atomic E-state index is 0.199. The van der Waals surface area contributed by atoms with Crippen LogP contribution in [-0.4, -0.2) is 53.9 Å². The second-order valence-corrected chi connectivity index (χ2v) is 8.88. The third-order valence-corrected chi connectivity index (χ3v) is 6.81. The Bertz CT molecular complexity index is 1220. The van der Waals surface area contributed by atoms with Crippen molar-refractivity contribution in [2.24, 2.45) is 0 Å². The largest absolute Gasteiger partial charge is 0.495 e. The minimum atomic E-state index is -0.224. The molecule has 180 valence electrons. The van der Waals surface area contributed by atoms with Crippen LogP contribution in [0.3, 0.4) is 0 Å². The average molecular weight is 463 g/mol. The SMILES string of the molecule is COc1ccccc1N1CCN(CCCn2c(C)c(C)c(=O)n(Cc3ccccc3)c2=O)CC1. The van der Waals surface area contributed by atoms with Gasteiger partial charge in [-0.15, -0.1) is 0 Å². The molecule has 3 aromatic rings. The summed E-state index contributed by atoms with van der Waals surface area (Å²) in [4.78, 5) is 30.8. The van der Waals surface area contributed by atoms with E-state index in [1.807, 2.05) is 62.4 Å². The van der Waals surface area contributed by atoms with E-state index in [2.05, 4.69) is 15.9 Å². The van der Waals surface area contributed by atoms with Crippen molar-refractivity contribution in [1.29, 1.82) is 0 Å². The summed E-state index contributed by atoms with van der Waals surface area (Å²) in [7, 11) is 1.71. The van der Waals surface area contributed by atoms with E-state index in [-0.39, 0.29) is 11.2 Å². The number of benzene rings is 2. The summed E-state index contributed by atoms with van der Waals surface area (Å²) >= 11 is 0. The van der Waals surface area contributed by atoms with Gasteiger partial charge in [0, 0.05) is 44.0 Å². The molecule has 1 aromatic heterocycles. The van der Waals surface area contributed by atoms with Crippen LogP contribution in [0.2, 0.25) is 0 Å². The first-order valence-electron chi connectivity index (χ1n) is 11.9. The standard InChI is InChI=1S/C27H34N4O3/c1-21-22(2)30(27(33)31(26(21)32)20-23-10-5-4-6-11-23)15-9-14-28-16-18-29(19-17-28)24-12-7-8-13-25(24)34-3/h4-8,10-13H,9,14-20H2,1-3H3. The van der Waals surface area contributed by atoms with Crippen LogP contribution in [0.4, 0.5) is 5.69 Å². The Labute approximate surface area is 200 Å². The van der Waals surface area contributed by atoms with Crippen LogP contribution in [0.5, 0.6) is 5.75 Å². The molecule has 1 fully saturated rings. The summed E-state index contributed by atoms with van der Waals surface area (Å²) < 4.78 is 8.65. The highest BCUT2D eigenvalue weighted by molar-refractivity contribution is 5.58. The van der Waals surface area contributed by atoms with Gasteiger partial charge in [-0.1, -0.05) is 42.5 Å². The van der Waals surface area contributed by atoms with Crippen molar-refractivity contribution in [2.75, 3.05) is 44.7 Å². The fourth-order valence-electron chi connectivity index (χ4n) is 4.66. The lowest BCUT2D eigenvalue weighted by atomic mass is 10.2. The van der Waals surface area contributed by atoms with E-state index in [0.717, 1.165) is 61.8 Å². The zero-order valence-corrected chi connectivity index (χ0v) is 20.4. The zero-order valence-electron chi connectivity index (χ0n) is 20.4. The quantitative estimate of drug-likeness (QED) is 0.515. The van der Waals surface area contributed by atoms with E-state index in [4.69, 9.17) is 4.74 Å². The Morgan fingerprint density at radius 2 is 1.50 bits per heavy atom. The fraction of sp³-hybridized carbons (Fsp3) is 0.407. The zero-order chi connectivity index (χ0) is 24.1. The summed E-state index contributed by atoms with van der Waals surface area (Å²) in [5, 5.41) is 0. The van der Waals surface area contributed by atoms with E-state index in [1.165, 1.54) is 4.57 Å². The van der Waals surface area contributed by atoms with Gasteiger partial charge in [0.25, 0.3) is 5.56 Å². The van der Waals surface area contributed by atoms with Crippen molar-refractivity contribution in [3.05, 3.63) is 92.3 Å². The molecular weight excluding hydrogens is 428 g/mol. The number of ether oxygens (including phenoxy) is 1. The van der Waals surface area contributed by atoms with Crippen molar-refractivity contribution < 1.29 is 4.74 Å². The summed E-state index contributed by atoms with van der Waals surface area (Å²) in [6, 6.07) is 17.8. The molecule has 0 aliphatic carbocycles. The number of methoxy groups -OCH3 is 1. The topological polar surface area (TPSA) is 59.7 Å². The highest BCUT2D eigenvalue weighted by Gasteiger charge is 2.20. The van der Waals surface area contributed by atoms with Gasteiger partial charge in [-0.3, -0.25) is 18.8 Å². The van der Waals surface area contributed by atoms with E-state index < -0.39 is 0 Å². The van der Waals surface area contributed by atoms with Crippen LogP contribution in [0, 0.1) is 13.8 Å². The van der Waals surface area contributed by atoms with Gasteiger partial charge in [-0.05, 0) is 44.5 Å². The summed E-state index contributed by atoms with van der Waals surface area (Å²) in [5.74, 6) is 0.909. The molecule has 1 saturated heterocycles. The molecule has 2 aromatic carbocycles. The van der Waals surface area contributed by atoms with Crippen LogP contribution in [0.25, 0.3) is 0 Å². The molecule has 0 spiro atoms. The van der Waals surface area contributed by atoms with Crippen LogP contribution in [-0.2, 0) is 13.1 Å². The van der Waals surface area contributed by atoms with E-state index in [0.29, 0.717) is 18.7 Å². The Balaban J connectivity index is 1.39. The molecule has 7 heteroatoms. The molecule has 1 aliphatic heterocycles. The molecular formula is C27H34N4O3. The van der Waals surface area contributed by atoms with Gasteiger partial charge in [-0.25, -0.2) is 4.79 Å². The minimum Gasteiger partial charge on any atom is -0.495 e. The third-order valence-electron chi connectivity index (χ3n) is 6.81. The first-order chi connectivity index (χ1) is 16.5. The number of para-hydroxylation sites is 2. The molecule has 0 saturated carbocycles. The Hall–Kier alpha value is -3.32. The molecule has 0 atom stereocenters. The predicted molar refractivity (Wildman–Crippen MR) is 136 cm³/mol. The summed E-state index contributed by atoms with van der Waals surface area (Å²) in [5.41, 5.74) is 3.07. The van der Waals surface area contributed by atoms with Crippen molar-refractivity contribution in [3.8, 4) is 5.75 Å². The lowest BCUT2D eigenvalue weighted by molar-refractivity contribution is 0.248. The molecule has 2 heterocycles. The number of hydrogen-bond acceptors (Lipinski definition) is 5. The maximum atomic E-state index is 13.2. The maximum Gasteiger partial charge on any atom is 0.331 e. The molecule has 4 rings (SSSR count). The van der Waals surface area contributed by atoms with E-state index in [9.17, 15) is 9.59 Å². The van der Waals surface area contributed by atoms with Crippen LogP contribution in [0.15, 0.2) is 64.2 Å². The van der Waals surface area contributed by atoms with Crippen molar-refractivity contribution in [2.45, 2.75) is 33.4 Å². The first kappa shape index (κ1) is 23.8. The number of aromatic nitrogens is 2. The molecule has 7 nitrogen and oxygen atoms in total. The Morgan fingerprint density at radius 3 is 2.21 bits per heavy atom. The Morgan fingerprint density at radius 1 is 0.824 bits per heavy atom. The molecule has 34 heavy (non-hydrogen) atoms. The van der Waals surface area contributed by atoms with Crippen molar-refractivity contribution in [1.82, 2.24) is 14.0 Å². The predicted octanol–water partition coefficient (Wildman–Crippen LogP) is 2.90. The molecule has 0 N–H and O–H groups in total. The van der Waals surface area contributed by atoms with Crippen LogP contribution in [0.1, 0.15) is 23.2 Å². The van der Waals surface area contributed by atoms with Crippen LogP contribution >= 0.6 is 0 Å². The van der Waals surface area contributed by atoms with Gasteiger partial charge in [0.15, 0.2) is 0 Å². The molecule has 0 bridgehead atoms. The lowest BCUT2D eigenvalue weighted by Crippen LogP contribution is -2.47. The first-order valence-corrected chi connectivity index (χ1v) is 11.9. The van der Waals surface area contributed by atoms with Gasteiger partial charge < -0.3 is 9.64 Å². The van der Waals surface area contributed by atoms with Crippen molar-refractivity contribution in [3.63, 3.8) is 0 Å². The smallest absolute Gasteiger partial charge is 0.331 e. The van der Waals surface area contributed by atoms with Gasteiger partial charge in [0.1, 0.15) is 5.75 Å². The summed E-state index contributed by atoms with van der Waals surface area (Å²) in [6.45, 7) is 9.33. The van der Waals surface area contributed by atoms with E-state index in [1.54, 1.807) is 11.7 Å². The number of hydrogen-bond donors (Lipinski definition) is 0. The number of piperazine rings is 1. The Kier molecular flexibility index (Phi) is 7.53. The highest BCUT2D eigenvalue weighted by atomic mass is 16.5. The van der Waals surface area contributed by atoms with E-state index >= 15 is 0 Å². The highest BCUT2D eigenvalue weighted by Crippen LogP contribution is 2.28. The maximum absolute atomic E-state index is 13.2. The molecule has 1 aliphatic rings. The normalized spacial score (nSPS) is 14.4. The summed E-state index contributed by atoms with van der Waals surface area (Å²) in [6.07, 6.45) is 0.860. The van der Waals surface area contributed by atoms with Gasteiger partial charge in [-0.2, -0.15) is 0 Å². The number of nitrogens with zero attached hydrogens (tertiary/aromatic N) is 4. The van der Waals surface area contributed by atoms with Gasteiger partial charge >= 0.3 is 5.69 Å². The third kappa shape index (κ3) is 5.09. The second kappa shape index (κ2) is 10.7. The molecule has 0 unspecified atom stereocenters.